The molecular weight excluding hydrogens is 504 g/mol. The molecule has 0 saturated carbocycles. The molecule has 0 radical (unpaired) electrons. The molecule has 1 atom stereocenters. The Hall–Kier alpha value is -4.67. The Balaban J connectivity index is 2.09. The van der Waals surface area contributed by atoms with Gasteiger partial charge < -0.3 is 19.5 Å². The summed E-state index contributed by atoms with van der Waals surface area (Å²) in [6.07, 6.45) is -0.952. The molecule has 206 valence electrons. The van der Waals surface area contributed by atoms with E-state index in [1.165, 1.54) is 14.2 Å². The van der Waals surface area contributed by atoms with Crippen LogP contribution in [0.1, 0.15) is 38.1 Å². The normalized spacial score (nSPS) is 11.7. The summed E-state index contributed by atoms with van der Waals surface area (Å²) < 4.78 is 15.8. The van der Waals surface area contributed by atoms with E-state index in [2.05, 4.69) is 20.5 Å². The van der Waals surface area contributed by atoms with Crippen molar-refractivity contribution in [1.82, 2.24) is 15.1 Å². The van der Waals surface area contributed by atoms with Crippen molar-refractivity contribution in [3.8, 4) is 11.1 Å². The molecule has 0 aliphatic heterocycles. The van der Waals surface area contributed by atoms with Crippen LogP contribution in [-0.2, 0) is 32.0 Å². The number of nitrogens with zero attached hydrogens (tertiary/aromatic N) is 2. The van der Waals surface area contributed by atoms with Crippen LogP contribution >= 0.6 is 0 Å². The van der Waals surface area contributed by atoms with Crippen molar-refractivity contribution in [2.24, 2.45) is 0 Å². The van der Waals surface area contributed by atoms with Gasteiger partial charge >= 0.3 is 18.2 Å². The Morgan fingerprint density at radius 2 is 1.62 bits per heavy atom. The third-order valence-corrected chi connectivity index (χ3v) is 5.46. The molecule has 1 aromatic heterocycles. The zero-order valence-corrected chi connectivity index (χ0v) is 22.5. The van der Waals surface area contributed by atoms with Gasteiger partial charge in [-0.1, -0.05) is 42.5 Å². The van der Waals surface area contributed by atoms with Crippen molar-refractivity contribution >= 4 is 23.8 Å². The third-order valence-electron chi connectivity index (χ3n) is 5.46. The topological polar surface area (TPSA) is 138 Å². The number of ether oxygens (including phenoxy) is 3. The van der Waals surface area contributed by atoms with Gasteiger partial charge in [-0.25, -0.2) is 14.3 Å². The molecule has 11 nitrogen and oxygen atoms in total. The maximum absolute atomic E-state index is 13.4. The number of nitrogens with one attached hydrogen (secondary N) is 2. The Morgan fingerprint density at radius 3 is 2.21 bits per heavy atom. The first-order chi connectivity index (χ1) is 18.5. The van der Waals surface area contributed by atoms with Crippen molar-refractivity contribution in [1.29, 1.82) is 0 Å². The molecular formula is C28H32N4O7. The molecule has 0 aliphatic rings. The number of hydrogen-bond donors (Lipinski definition) is 2. The predicted molar refractivity (Wildman–Crippen MR) is 144 cm³/mol. The highest BCUT2D eigenvalue weighted by atomic mass is 16.6. The van der Waals surface area contributed by atoms with Crippen molar-refractivity contribution < 1.29 is 28.6 Å². The fourth-order valence-electron chi connectivity index (χ4n) is 3.66. The molecule has 2 aromatic carbocycles. The number of methoxy groups -OCH3 is 2. The summed E-state index contributed by atoms with van der Waals surface area (Å²) in [4.78, 5) is 49.8. The van der Waals surface area contributed by atoms with Crippen molar-refractivity contribution in [2.45, 2.75) is 45.4 Å². The number of hydrogen-bond acceptors (Lipinski definition) is 8. The Kier molecular flexibility index (Phi) is 9.43. The number of anilines is 1. The quantitative estimate of drug-likeness (QED) is 0.325. The maximum atomic E-state index is 13.4. The van der Waals surface area contributed by atoms with Crippen LogP contribution < -0.4 is 16.2 Å². The van der Waals surface area contributed by atoms with E-state index in [1.807, 2.05) is 30.3 Å². The molecule has 3 rings (SSSR count). The summed E-state index contributed by atoms with van der Waals surface area (Å²) in [6.45, 7) is 4.84. The fourth-order valence-corrected chi connectivity index (χ4v) is 3.66. The molecule has 0 unspecified atom stereocenters. The number of esters is 1. The van der Waals surface area contributed by atoms with Gasteiger partial charge in [-0.3, -0.25) is 14.9 Å². The summed E-state index contributed by atoms with van der Waals surface area (Å²) >= 11 is 0. The highest BCUT2D eigenvalue weighted by Crippen LogP contribution is 2.24. The van der Waals surface area contributed by atoms with Crippen LogP contribution in [0.15, 0.2) is 65.5 Å². The van der Waals surface area contributed by atoms with E-state index in [4.69, 9.17) is 9.47 Å². The second-order valence-electron chi connectivity index (χ2n) is 9.60. The Bertz CT molecular complexity index is 1360. The molecule has 2 N–H and O–H groups in total. The molecule has 0 spiro atoms. The lowest BCUT2D eigenvalue weighted by atomic mass is 10.00. The molecule has 11 heteroatoms. The van der Waals surface area contributed by atoms with Gasteiger partial charge in [-0.15, -0.1) is 0 Å². The highest BCUT2D eigenvalue weighted by molar-refractivity contribution is 5.85. The number of carbonyl (C=O) groups excluding carboxylic acids is 3. The molecule has 39 heavy (non-hydrogen) atoms. The summed E-state index contributed by atoms with van der Waals surface area (Å²) in [5.74, 6) is -0.662. The summed E-state index contributed by atoms with van der Waals surface area (Å²) in [5, 5.41) is 9.82. The Labute approximate surface area is 226 Å². The third kappa shape index (κ3) is 8.42. The van der Waals surface area contributed by atoms with Crippen LogP contribution in [0.4, 0.5) is 15.3 Å². The van der Waals surface area contributed by atoms with Crippen LogP contribution in [0.5, 0.6) is 0 Å². The minimum Gasteiger partial charge on any atom is -0.468 e. The number of aromatic nitrogens is 2. The van der Waals surface area contributed by atoms with E-state index in [9.17, 15) is 19.2 Å². The van der Waals surface area contributed by atoms with Gasteiger partial charge in [0.2, 0.25) is 0 Å². The number of carbonyl (C=O) groups is 3. The Morgan fingerprint density at radius 1 is 0.949 bits per heavy atom. The minimum atomic E-state index is -0.733. The minimum absolute atomic E-state index is 0.234. The number of amides is 2. The first-order valence-corrected chi connectivity index (χ1v) is 12.2. The van der Waals surface area contributed by atoms with Crippen LogP contribution in [0, 0.1) is 0 Å². The average molecular weight is 537 g/mol. The molecule has 2 amide bonds. The zero-order chi connectivity index (χ0) is 28.6. The van der Waals surface area contributed by atoms with Gasteiger partial charge in [0.05, 0.1) is 31.5 Å². The molecule has 0 bridgehead atoms. The molecule has 0 aliphatic carbocycles. The fraction of sp³-hybridized carbons (Fsp3) is 0.321. The van der Waals surface area contributed by atoms with Gasteiger partial charge in [-0.05, 0) is 56.5 Å². The monoisotopic (exact) mass is 536 g/mol. The second-order valence-corrected chi connectivity index (χ2v) is 9.60. The van der Waals surface area contributed by atoms with Gasteiger partial charge in [0, 0.05) is 5.69 Å². The summed E-state index contributed by atoms with van der Waals surface area (Å²) in [5.41, 5.74) is 1.18. The zero-order valence-electron chi connectivity index (χ0n) is 22.5. The van der Waals surface area contributed by atoms with E-state index in [-0.39, 0.29) is 5.56 Å². The van der Waals surface area contributed by atoms with Gasteiger partial charge in [0.1, 0.15) is 12.1 Å². The lowest BCUT2D eigenvalue weighted by Crippen LogP contribution is -2.37. The SMILES string of the molecule is COC(=O)Cn1nc([C@H](Cc2ccccc2)NC(=O)OC(C)(C)C)cc(-c2ccc(NC(=O)OC)cc2)c1=O. The number of alkyl carbamates (subject to hydrolysis) is 1. The summed E-state index contributed by atoms with van der Waals surface area (Å²) in [7, 11) is 2.47. The van der Waals surface area contributed by atoms with Crippen LogP contribution in [0.2, 0.25) is 0 Å². The second kappa shape index (κ2) is 12.7. The largest absolute Gasteiger partial charge is 0.468 e. The van der Waals surface area contributed by atoms with E-state index in [1.54, 1.807) is 51.1 Å². The van der Waals surface area contributed by atoms with Crippen molar-refractivity contribution in [3.63, 3.8) is 0 Å². The van der Waals surface area contributed by atoms with E-state index in [0.717, 1.165) is 10.2 Å². The standard InChI is InChI=1S/C28H32N4O7/c1-28(2,3)39-27(36)30-22(15-18-9-7-6-8-10-18)23-16-21(25(34)32(31-23)17-24(33)37-4)19-11-13-20(14-12-19)29-26(35)38-5/h6-14,16,22H,15,17H2,1-5H3,(H,29,35)(H,30,36)/t22-/m0/s1. The maximum Gasteiger partial charge on any atom is 0.411 e. The average Bonchev–Trinajstić information content (AvgIpc) is 2.89. The van der Waals surface area contributed by atoms with Crippen LogP contribution in [0.25, 0.3) is 11.1 Å². The van der Waals surface area contributed by atoms with E-state index < -0.39 is 41.9 Å². The number of benzene rings is 2. The van der Waals surface area contributed by atoms with Crippen molar-refractivity contribution in [2.75, 3.05) is 19.5 Å². The molecule has 0 fully saturated rings. The number of rotatable bonds is 8. The summed E-state index contributed by atoms with van der Waals surface area (Å²) in [6, 6.07) is 16.8. The van der Waals surface area contributed by atoms with Gasteiger partial charge in [0.15, 0.2) is 0 Å². The van der Waals surface area contributed by atoms with E-state index in [0.29, 0.717) is 23.4 Å². The lowest BCUT2D eigenvalue weighted by Gasteiger charge is -2.24. The predicted octanol–water partition coefficient (Wildman–Crippen LogP) is 4.07. The lowest BCUT2D eigenvalue weighted by molar-refractivity contribution is -0.141. The molecule has 0 saturated heterocycles. The molecule has 1 heterocycles. The van der Waals surface area contributed by atoms with Crippen LogP contribution in [-0.4, -0.2) is 47.8 Å². The van der Waals surface area contributed by atoms with Crippen molar-refractivity contribution in [3.05, 3.63) is 82.3 Å². The first-order valence-electron chi connectivity index (χ1n) is 12.2. The van der Waals surface area contributed by atoms with Crippen LogP contribution in [0.3, 0.4) is 0 Å². The highest BCUT2D eigenvalue weighted by Gasteiger charge is 2.24. The van der Waals surface area contributed by atoms with E-state index >= 15 is 0 Å². The smallest absolute Gasteiger partial charge is 0.411 e. The van der Waals surface area contributed by atoms with Gasteiger partial charge in [-0.2, -0.15) is 5.10 Å². The molecule has 3 aromatic rings. The van der Waals surface area contributed by atoms with Gasteiger partial charge in [0.25, 0.3) is 5.56 Å². The first kappa shape index (κ1) is 28.9.